The molecule has 0 saturated carbocycles. The summed E-state index contributed by atoms with van der Waals surface area (Å²) in [6.07, 6.45) is 3.66. The van der Waals surface area contributed by atoms with Crippen LogP contribution in [0.25, 0.3) is 0 Å². The summed E-state index contributed by atoms with van der Waals surface area (Å²) in [5.41, 5.74) is 0.619. The van der Waals surface area contributed by atoms with Crippen molar-refractivity contribution in [1.29, 1.82) is 0 Å². The number of carbonyl (C=O) groups is 1. The Kier molecular flexibility index (Phi) is 5.59. The van der Waals surface area contributed by atoms with Gasteiger partial charge >= 0.3 is 0 Å². The van der Waals surface area contributed by atoms with Crippen LogP contribution >= 0.6 is 15.9 Å². The van der Waals surface area contributed by atoms with Gasteiger partial charge in [-0.1, -0.05) is 34.1 Å². The van der Waals surface area contributed by atoms with Crippen LogP contribution in [0.1, 0.15) is 23.3 Å². The maximum absolute atomic E-state index is 12.8. The molecule has 0 amide bonds. The highest BCUT2D eigenvalue weighted by Crippen LogP contribution is 2.15. The molecule has 108 valence electrons. The van der Waals surface area contributed by atoms with Gasteiger partial charge < -0.3 is 17.6 Å². The number of halogens is 1. The zero-order chi connectivity index (χ0) is 15.2. The van der Waals surface area contributed by atoms with Crippen LogP contribution in [0.2, 0.25) is 0 Å². The van der Waals surface area contributed by atoms with Gasteiger partial charge in [-0.3, -0.25) is 4.79 Å². The molecule has 0 N–H and O–H groups in total. The van der Waals surface area contributed by atoms with Gasteiger partial charge in [0.05, 0.1) is 0 Å². The molecule has 0 fully saturated rings. The molecule has 1 aromatic heterocycles. The summed E-state index contributed by atoms with van der Waals surface area (Å²) in [6.45, 7) is 2.47. The van der Waals surface area contributed by atoms with Crippen molar-refractivity contribution < 1.29 is 9.36 Å². The van der Waals surface area contributed by atoms with Crippen molar-refractivity contribution in [2.45, 2.75) is 13.0 Å². The summed E-state index contributed by atoms with van der Waals surface area (Å²) in [5.74, 6) is -0.0547. The normalized spacial score (nSPS) is 13.0. The maximum atomic E-state index is 12.8. The predicted octanol–water partition coefficient (Wildman–Crippen LogP) is 3.13. The van der Waals surface area contributed by atoms with E-state index >= 15 is 0 Å². The summed E-state index contributed by atoms with van der Waals surface area (Å²) in [7, 11) is 0. The molecule has 0 aliphatic heterocycles. The molecule has 0 spiro atoms. The van der Waals surface area contributed by atoms with Crippen LogP contribution in [0, 0.1) is 0 Å². The SMILES string of the molecule is CCN=C([S-])C(C(=O)c1ccc(Br)cc1)[n+]1ccccc1. The first-order valence-electron chi connectivity index (χ1n) is 6.60. The molecule has 2 rings (SSSR count). The first-order chi connectivity index (χ1) is 10.1. The van der Waals surface area contributed by atoms with E-state index in [1.165, 1.54) is 0 Å². The first kappa shape index (κ1) is 15.8. The zero-order valence-corrected chi connectivity index (χ0v) is 14.0. The number of Topliss-reactive ketones (excluding diaryl/α,β-unsaturated/α-hetero) is 1. The monoisotopic (exact) mass is 362 g/mol. The lowest BCUT2D eigenvalue weighted by atomic mass is 10.0. The molecule has 21 heavy (non-hydrogen) atoms. The molecule has 1 heterocycles. The fraction of sp³-hybridized carbons (Fsp3) is 0.188. The van der Waals surface area contributed by atoms with Crippen LogP contribution in [0.4, 0.5) is 0 Å². The number of rotatable bonds is 5. The Balaban J connectivity index is 2.42. The second-order valence-corrected chi connectivity index (χ2v) is 5.74. The van der Waals surface area contributed by atoms with E-state index in [-0.39, 0.29) is 5.78 Å². The van der Waals surface area contributed by atoms with E-state index in [0.717, 1.165) is 4.47 Å². The fourth-order valence-corrected chi connectivity index (χ4v) is 2.60. The minimum atomic E-state index is -0.581. The molecule has 0 radical (unpaired) electrons. The molecular weight excluding hydrogens is 348 g/mol. The lowest BCUT2D eigenvalue weighted by molar-refractivity contribution is -0.691. The summed E-state index contributed by atoms with van der Waals surface area (Å²) in [6, 6.07) is 12.3. The van der Waals surface area contributed by atoms with Gasteiger partial charge in [-0.25, -0.2) is 0 Å². The zero-order valence-electron chi connectivity index (χ0n) is 11.6. The largest absolute Gasteiger partial charge is 0.758 e. The second kappa shape index (κ2) is 7.43. The van der Waals surface area contributed by atoms with Crippen molar-refractivity contribution in [2.24, 2.45) is 4.99 Å². The summed E-state index contributed by atoms with van der Waals surface area (Å²) < 4.78 is 2.73. The summed E-state index contributed by atoms with van der Waals surface area (Å²) >= 11 is 8.71. The van der Waals surface area contributed by atoms with Crippen molar-refractivity contribution in [2.75, 3.05) is 6.54 Å². The van der Waals surface area contributed by atoms with Crippen LogP contribution < -0.4 is 4.57 Å². The van der Waals surface area contributed by atoms with Gasteiger partial charge in [-0.2, -0.15) is 4.57 Å². The molecular formula is C16H15BrN2OS. The number of ketones is 1. The van der Waals surface area contributed by atoms with Gasteiger partial charge in [0, 0.05) is 28.7 Å². The smallest absolute Gasteiger partial charge is 0.237 e. The minimum Gasteiger partial charge on any atom is -0.758 e. The Hall–Kier alpha value is -1.59. The number of hydrogen-bond donors (Lipinski definition) is 0. The van der Waals surface area contributed by atoms with E-state index in [0.29, 0.717) is 17.2 Å². The molecule has 0 aliphatic carbocycles. The Labute approximate surface area is 138 Å². The van der Waals surface area contributed by atoms with E-state index in [9.17, 15) is 4.79 Å². The van der Waals surface area contributed by atoms with Gasteiger partial charge in [0.2, 0.25) is 11.8 Å². The van der Waals surface area contributed by atoms with Crippen LogP contribution in [0.15, 0.2) is 64.3 Å². The lowest BCUT2D eigenvalue weighted by Crippen LogP contribution is -2.47. The van der Waals surface area contributed by atoms with Crippen LogP contribution in [0.5, 0.6) is 0 Å². The number of hydrogen-bond acceptors (Lipinski definition) is 3. The average molecular weight is 363 g/mol. The third kappa shape index (κ3) is 3.95. The van der Waals surface area contributed by atoms with E-state index in [4.69, 9.17) is 12.6 Å². The maximum Gasteiger partial charge on any atom is 0.237 e. The number of aliphatic imine (C=N–C) groups is 1. The minimum absolute atomic E-state index is 0.0547. The van der Waals surface area contributed by atoms with Crippen molar-refractivity contribution in [1.82, 2.24) is 0 Å². The van der Waals surface area contributed by atoms with Crippen LogP contribution in [-0.4, -0.2) is 17.4 Å². The molecule has 3 nitrogen and oxygen atoms in total. The van der Waals surface area contributed by atoms with Gasteiger partial charge in [-0.15, -0.1) is 0 Å². The molecule has 1 atom stereocenters. The lowest BCUT2D eigenvalue weighted by Gasteiger charge is -2.18. The topological polar surface area (TPSA) is 33.3 Å². The molecule has 0 saturated heterocycles. The third-order valence-electron chi connectivity index (χ3n) is 2.96. The first-order valence-corrected chi connectivity index (χ1v) is 7.80. The highest BCUT2D eigenvalue weighted by atomic mass is 79.9. The average Bonchev–Trinajstić information content (AvgIpc) is 2.49. The molecule has 0 aliphatic rings. The van der Waals surface area contributed by atoms with Gasteiger partial charge in [0.1, 0.15) is 0 Å². The molecule has 1 aromatic carbocycles. The van der Waals surface area contributed by atoms with Crippen LogP contribution in [-0.2, 0) is 12.6 Å². The number of nitrogens with zero attached hydrogens (tertiary/aromatic N) is 2. The van der Waals surface area contributed by atoms with E-state index in [1.54, 1.807) is 16.7 Å². The Morgan fingerprint density at radius 2 is 1.86 bits per heavy atom. The van der Waals surface area contributed by atoms with Crippen molar-refractivity contribution in [3.05, 3.63) is 64.9 Å². The van der Waals surface area contributed by atoms with E-state index in [1.807, 2.05) is 49.6 Å². The number of aromatic nitrogens is 1. The highest BCUT2D eigenvalue weighted by Gasteiger charge is 2.27. The second-order valence-electron chi connectivity index (χ2n) is 4.41. The third-order valence-corrected chi connectivity index (χ3v) is 3.84. The Morgan fingerprint density at radius 1 is 1.24 bits per heavy atom. The van der Waals surface area contributed by atoms with Gasteiger partial charge in [0.25, 0.3) is 0 Å². The van der Waals surface area contributed by atoms with Gasteiger partial charge in [-0.05, 0) is 24.1 Å². The Morgan fingerprint density at radius 3 is 2.43 bits per heavy atom. The Bertz CT molecular complexity index is 641. The fourth-order valence-electron chi connectivity index (χ4n) is 1.97. The standard InChI is InChI=1S/C16H15BrN2OS/c1-2-18-16(21)14(19-10-4-3-5-11-19)15(20)12-6-8-13(17)9-7-12/h3-11,14H,2H2,1H3. The van der Waals surface area contributed by atoms with Crippen molar-refractivity contribution in [3.8, 4) is 0 Å². The number of carbonyl (C=O) groups excluding carboxylic acids is 1. The quantitative estimate of drug-likeness (QED) is 0.269. The van der Waals surface area contributed by atoms with Crippen molar-refractivity contribution >= 4 is 39.4 Å². The van der Waals surface area contributed by atoms with E-state index in [2.05, 4.69) is 20.9 Å². The predicted molar refractivity (Wildman–Crippen MR) is 89.5 cm³/mol. The molecule has 0 bridgehead atoms. The van der Waals surface area contributed by atoms with Gasteiger partial charge in [0.15, 0.2) is 12.4 Å². The molecule has 5 heteroatoms. The van der Waals surface area contributed by atoms with Crippen molar-refractivity contribution in [3.63, 3.8) is 0 Å². The van der Waals surface area contributed by atoms with E-state index < -0.39 is 6.04 Å². The summed E-state index contributed by atoms with van der Waals surface area (Å²) in [4.78, 5) is 17.0. The molecule has 2 aromatic rings. The number of benzene rings is 1. The van der Waals surface area contributed by atoms with Crippen LogP contribution in [0.3, 0.4) is 0 Å². The highest BCUT2D eigenvalue weighted by molar-refractivity contribution is 9.10. The molecule has 1 unspecified atom stereocenters. The number of pyridine rings is 1. The summed E-state index contributed by atoms with van der Waals surface area (Å²) in [5, 5.41) is 0.404.